The summed E-state index contributed by atoms with van der Waals surface area (Å²) in [6, 6.07) is 8.00. The summed E-state index contributed by atoms with van der Waals surface area (Å²) in [6.45, 7) is 8.41. The summed E-state index contributed by atoms with van der Waals surface area (Å²) in [6.07, 6.45) is 0.483. The van der Waals surface area contributed by atoms with Crippen molar-refractivity contribution in [1.29, 1.82) is 0 Å². The van der Waals surface area contributed by atoms with E-state index in [1.165, 1.54) is 0 Å². The molecule has 0 spiro atoms. The maximum atomic E-state index is 12.5. The molecule has 27 heavy (non-hydrogen) atoms. The Balaban J connectivity index is 1.48. The maximum absolute atomic E-state index is 12.5. The molecule has 0 aliphatic carbocycles. The summed E-state index contributed by atoms with van der Waals surface area (Å²) < 4.78 is 5.68. The highest BCUT2D eigenvalue weighted by molar-refractivity contribution is 5.99. The standard InChI is InChI=1S/C20H26N4O3/c1-14(2)19-21-22-20(27-19)24-12-10-23(11-13-24)18(26)9-8-17(25)16-7-5-4-6-15(16)3/h4-7,14H,8-13H2,1-3H3. The van der Waals surface area contributed by atoms with E-state index in [4.69, 9.17) is 4.42 Å². The molecule has 0 atom stereocenters. The molecule has 2 heterocycles. The van der Waals surface area contributed by atoms with Crippen molar-refractivity contribution >= 4 is 17.7 Å². The van der Waals surface area contributed by atoms with Gasteiger partial charge < -0.3 is 14.2 Å². The fourth-order valence-electron chi connectivity index (χ4n) is 3.13. The molecular weight excluding hydrogens is 344 g/mol. The normalized spacial score (nSPS) is 14.7. The van der Waals surface area contributed by atoms with Crippen LogP contribution in [0.2, 0.25) is 0 Å². The third kappa shape index (κ3) is 4.53. The van der Waals surface area contributed by atoms with Gasteiger partial charge in [0.1, 0.15) is 0 Å². The maximum Gasteiger partial charge on any atom is 0.318 e. The van der Waals surface area contributed by atoms with Crippen molar-refractivity contribution in [3.63, 3.8) is 0 Å². The topological polar surface area (TPSA) is 79.5 Å². The van der Waals surface area contributed by atoms with Gasteiger partial charge in [0.15, 0.2) is 5.78 Å². The zero-order valence-corrected chi connectivity index (χ0v) is 16.1. The lowest BCUT2D eigenvalue weighted by atomic mass is 10.0. The van der Waals surface area contributed by atoms with Gasteiger partial charge in [0, 0.05) is 50.5 Å². The van der Waals surface area contributed by atoms with Crippen molar-refractivity contribution < 1.29 is 14.0 Å². The first-order valence-corrected chi connectivity index (χ1v) is 9.40. The second-order valence-electron chi connectivity index (χ2n) is 7.18. The summed E-state index contributed by atoms with van der Waals surface area (Å²) in [4.78, 5) is 28.6. The van der Waals surface area contributed by atoms with E-state index in [9.17, 15) is 9.59 Å². The van der Waals surface area contributed by atoms with Crippen LogP contribution in [0.5, 0.6) is 0 Å². The second kappa shape index (κ2) is 8.33. The number of hydrogen-bond acceptors (Lipinski definition) is 6. The number of aryl methyl sites for hydroxylation is 1. The van der Waals surface area contributed by atoms with E-state index in [1.807, 2.05) is 49.9 Å². The van der Waals surface area contributed by atoms with Crippen molar-refractivity contribution in [3.8, 4) is 0 Å². The van der Waals surface area contributed by atoms with Crippen LogP contribution in [0, 0.1) is 6.92 Å². The number of piperazine rings is 1. The molecule has 0 unspecified atom stereocenters. The van der Waals surface area contributed by atoms with Crippen molar-refractivity contribution in [2.75, 3.05) is 31.1 Å². The van der Waals surface area contributed by atoms with Gasteiger partial charge in [-0.15, -0.1) is 5.10 Å². The van der Waals surface area contributed by atoms with Crippen LogP contribution in [0.1, 0.15) is 54.4 Å². The summed E-state index contributed by atoms with van der Waals surface area (Å²) in [5, 5.41) is 8.15. The first-order valence-electron chi connectivity index (χ1n) is 9.40. The average molecular weight is 370 g/mol. The molecule has 2 aromatic rings. The van der Waals surface area contributed by atoms with Gasteiger partial charge in [-0.1, -0.05) is 43.2 Å². The summed E-state index contributed by atoms with van der Waals surface area (Å²) in [5.41, 5.74) is 1.65. The number of Topliss-reactive ketones (excluding diaryl/α,β-unsaturated/α-hetero) is 1. The number of anilines is 1. The van der Waals surface area contributed by atoms with Crippen LogP contribution in [0.4, 0.5) is 6.01 Å². The number of ketones is 1. The van der Waals surface area contributed by atoms with Crippen LogP contribution in [0.25, 0.3) is 0 Å². The van der Waals surface area contributed by atoms with Crippen LogP contribution in [0.3, 0.4) is 0 Å². The molecule has 1 saturated heterocycles. The van der Waals surface area contributed by atoms with Gasteiger partial charge >= 0.3 is 6.01 Å². The Hall–Kier alpha value is -2.70. The first kappa shape index (κ1) is 19.1. The number of rotatable bonds is 6. The molecule has 7 heteroatoms. The lowest BCUT2D eigenvalue weighted by Gasteiger charge is -2.33. The van der Waals surface area contributed by atoms with Crippen LogP contribution < -0.4 is 4.90 Å². The summed E-state index contributed by atoms with van der Waals surface area (Å²) in [5.74, 6) is 0.857. The molecule has 1 amide bonds. The molecule has 3 rings (SSSR count). The molecule has 7 nitrogen and oxygen atoms in total. The van der Waals surface area contributed by atoms with Crippen LogP contribution >= 0.6 is 0 Å². The predicted octanol–water partition coefficient (Wildman–Crippen LogP) is 2.81. The number of carbonyl (C=O) groups excluding carboxylic acids is 2. The minimum absolute atomic E-state index is 0.0185. The highest BCUT2D eigenvalue weighted by atomic mass is 16.4. The molecule has 1 aliphatic heterocycles. The third-order valence-corrected chi connectivity index (χ3v) is 4.84. The lowest BCUT2D eigenvalue weighted by Crippen LogP contribution is -2.49. The summed E-state index contributed by atoms with van der Waals surface area (Å²) >= 11 is 0. The predicted molar refractivity (Wildman–Crippen MR) is 102 cm³/mol. The largest absolute Gasteiger partial charge is 0.408 e. The quantitative estimate of drug-likeness (QED) is 0.728. The van der Waals surface area contributed by atoms with Crippen LogP contribution in [-0.2, 0) is 4.79 Å². The van der Waals surface area contributed by atoms with Crippen LogP contribution in [-0.4, -0.2) is 53.0 Å². The Morgan fingerprint density at radius 1 is 1.07 bits per heavy atom. The molecule has 1 fully saturated rings. The summed E-state index contributed by atoms with van der Waals surface area (Å²) in [7, 11) is 0. The van der Waals surface area contributed by atoms with Crippen molar-refractivity contribution in [2.45, 2.75) is 39.5 Å². The highest BCUT2D eigenvalue weighted by Gasteiger charge is 2.25. The SMILES string of the molecule is Cc1ccccc1C(=O)CCC(=O)N1CCN(c2nnc(C(C)C)o2)CC1. The third-order valence-electron chi connectivity index (χ3n) is 4.84. The number of amides is 1. The van der Waals surface area contributed by atoms with Gasteiger partial charge in [0.25, 0.3) is 0 Å². The van der Waals surface area contributed by atoms with Crippen LogP contribution in [0.15, 0.2) is 28.7 Å². The average Bonchev–Trinajstić information content (AvgIpc) is 3.17. The Bertz CT molecular complexity index is 807. The zero-order valence-electron chi connectivity index (χ0n) is 16.1. The minimum Gasteiger partial charge on any atom is -0.408 e. The molecule has 0 radical (unpaired) electrons. The van der Waals surface area contributed by atoms with E-state index >= 15 is 0 Å². The highest BCUT2D eigenvalue weighted by Crippen LogP contribution is 2.20. The van der Waals surface area contributed by atoms with Gasteiger partial charge in [-0.25, -0.2) is 0 Å². The van der Waals surface area contributed by atoms with E-state index < -0.39 is 0 Å². The molecule has 1 aromatic heterocycles. The molecule has 0 N–H and O–H groups in total. The fraction of sp³-hybridized carbons (Fsp3) is 0.500. The zero-order chi connectivity index (χ0) is 19.4. The fourth-order valence-corrected chi connectivity index (χ4v) is 3.13. The number of carbonyl (C=O) groups is 2. The minimum atomic E-state index is 0.0185. The smallest absolute Gasteiger partial charge is 0.318 e. The molecular formula is C20H26N4O3. The first-order chi connectivity index (χ1) is 13.0. The van der Waals surface area contributed by atoms with Crippen molar-refractivity contribution in [2.24, 2.45) is 0 Å². The van der Waals surface area contributed by atoms with Crippen molar-refractivity contribution in [1.82, 2.24) is 15.1 Å². The van der Waals surface area contributed by atoms with E-state index in [0.717, 1.165) is 5.56 Å². The van der Waals surface area contributed by atoms with Gasteiger partial charge in [-0.05, 0) is 12.5 Å². The van der Waals surface area contributed by atoms with Crippen molar-refractivity contribution in [3.05, 3.63) is 41.3 Å². The lowest BCUT2D eigenvalue weighted by molar-refractivity contribution is -0.131. The van der Waals surface area contributed by atoms with E-state index in [-0.39, 0.29) is 30.4 Å². The van der Waals surface area contributed by atoms with Gasteiger partial charge in [-0.3, -0.25) is 9.59 Å². The molecule has 1 aromatic carbocycles. The number of nitrogens with zero attached hydrogens (tertiary/aromatic N) is 4. The molecule has 144 valence electrons. The van der Waals surface area contributed by atoms with Gasteiger partial charge in [-0.2, -0.15) is 0 Å². The second-order valence-corrected chi connectivity index (χ2v) is 7.18. The van der Waals surface area contributed by atoms with E-state index in [0.29, 0.717) is 43.6 Å². The monoisotopic (exact) mass is 370 g/mol. The van der Waals surface area contributed by atoms with E-state index in [1.54, 1.807) is 4.90 Å². The van der Waals surface area contributed by atoms with Gasteiger partial charge in [0.2, 0.25) is 11.8 Å². The number of benzene rings is 1. The molecule has 0 saturated carbocycles. The molecule has 1 aliphatic rings. The number of hydrogen-bond donors (Lipinski definition) is 0. The molecule has 0 bridgehead atoms. The Morgan fingerprint density at radius 3 is 2.41 bits per heavy atom. The number of aromatic nitrogens is 2. The van der Waals surface area contributed by atoms with E-state index in [2.05, 4.69) is 10.2 Å². The Labute approximate surface area is 159 Å². The van der Waals surface area contributed by atoms with Gasteiger partial charge in [0.05, 0.1) is 0 Å². The Kier molecular flexibility index (Phi) is 5.88. The Morgan fingerprint density at radius 2 is 1.78 bits per heavy atom.